The quantitative estimate of drug-likeness (QED) is 0.829. The third-order valence-corrected chi connectivity index (χ3v) is 5.12. The topological polar surface area (TPSA) is 53.0 Å². The molecule has 27 heavy (non-hydrogen) atoms. The van der Waals surface area contributed by atoms with Crippen molar-refractivity contribution in [1.29, 1.82) is 0 Å². The molecule has 0 radical (unpaired) electrons. The lowest BCUT2D eigenvalue weighted by Crippen LogP contribution is -2.51. The minimum atomic E-state index is -0.543. The van der Waals surface area contributed by atoms with Gasteiger partial charge < -0.3 is 14.7 Å². The fourth-order valence-electron chi connectivity index (χ4n) is 3.33. The van der Waals surface area contributed by atoms with Crippen LogP contribution in [0.4, 0.5) is 0 Å². The molecular formula is C22H36N2O3. The van der Waals surface area contributed by atoms with Crippen LogP contribution in [0.3, 0.4) is 0 Å². The van der Waals surface area contributed by atoms with Crippen LogP contribution in [0.1, 0.15) is 45.7 Å². The Morgan fingerprint density at radius 1 is 1.19 bits per heavy atom. The van der Waals surface area contributed by atoms with Crippen LogP contribution >= 0.6 is 0 Å². The Hall–Kier alpha value is -1.59. The minimum Gasteiger partial charge on any atom is -0.491 e. The fraction of sp³-hybridized carbons (Fsp3) is 0.682. The first-order chi connectivity index (χ1) is 12.6. The van der Waals surface area contributed by atoms with Crippen LogP contribution in [0.5, 0.6) is 5.75 Å². The maximum atomic E-state index is 12.0. The van der Waals surface area contributed by atoms with Crippen molar-refractivity contribution in [2.75, 3.05) is 39.3 Å². The second-order valence-electron chi connectivity index (χ2n) is 8.98. The third-order valence-electron chi connectivity index (χ3n) is 5.12. The van der Waals surface area contributed by atoms with Gasteiger partial charge in [-0.3, -0.25) is 9.69 Å². The Labute approximate surface area is 164 Å². The molecule has 1 amide bonds. The number of hydrogen-bond acceptors (Lipinski definition) is 4. The highest BCUT2D eigenvalue weighted by Crippen LogP contribution is 2.27. The van der Waals surface area contributed by atoms with Gasteiger partial charge in [0.05, 0.1) is 0 Å². The van der Waals surface area contributed by atoms with E-state index >= 15 is 0 Å². The van der Waals surface area contributed by atoms with E-state index in [0.29, 0.717) is 6.54 Å². The number of β-amino-alcohol motifs (C(OH)–C–C–N with tert-alkyl or cyclic N) is 1. The summed E-state index contributed by atoms with van der Waals surface area (Å²) in [5.74, 6) is 1.09. The summed E-state index contributed by atoms with van der Waals surface area (Å²) in [4.78, 5) is 16.2. The molecule has 1 N–H and O–H groups in total. The molecule has 1 heterocycles. The molecule has 2 rings (SSSR count). The second-order valence-corrected chi connectivity index (χ2v) is 8.98. The van der Waals surface area contributed by atoms with E-state index in [1.54, 1.807) is 0 Å². The average molecular weight is 377 g/mol. The monoisotopic (exact) mass is 376 g/mol. The van der Waals surface area contributed by atoms with Gasteiger partial charge in [-0.15, -0.1) is 0 Å². The summed E-state index contributed by atoms with van der Waals surface area (Å²) in [6.45, 7) is 16.4. The van der Waals surface area contributed by atoms with Crippen molar-refractivity contribution < 1.29 is 14.6 Å². The number of benzene rings is 1. The number of ether oxygens (including phenoxy) is 1. The highest BCUT2D eigenvalue weighted by atomic mass is 16.5. The standard InChI is InChI=1S/C22H36N2O3/c1-16(2)21(26)24-11-9-23(10-12-24)14-19(25)15-27-20-8-7-18(13-17(20)3)22(4,5)6/h7-8,13,16,19,25H,9-12,14-15H2,1-6H3. The predicted molar refractivity (Wildman–Crippen MR) is 109 cm³/mol. The zero-order valence-electron chi connectivity index (χ0n) is 17.8. The summed E-state index contributed by atoms with van der Waals surface area (Å²) >= 11 is 0. The number of piperazine rings is 1. The van der Waals surface area contributed by atoms with Gasteiger partial charge in [0, 0.05) is 38.6 Å². The number of carbonyl (C=O) groups is 1. The molecule has 0 aromatic heterocycles. The van der Waals surface area contributed by atoms with E-state index in [0.717, 1.165) is 37.5 Å². The van der Waals surface area contributed by atoms with E-state index in [9.17, 15) is 9.90 Å². The van der Waals surface area contributed by atoms with E-state index in [1.165, 1.54) is 5.56 Å². The Morgan fingerprint density at radius 3 is 2.33 bits per heavy atom. The summed E-state index contributed by atoms with van der Waals surface area (Å²) in [5.41, 5.74) is 2.49. The molecule has 1 aliphatic heterocycles. The summed E-state index contributed by atoms with van der Waals surface area (Å²) in [6, 6.07) is 6.26. The van der Waals surface area contributed by atoms with Crippen molar-refractivity contribution >= 4 is 5.91 Å². The molecule has 152 valence electrons. The van der Waals surface area contributed by atoms with E-state index in [4.69, 9.17) is 4.74 Å². The van der Waals surface area contributed by atoms with Gasteiger partial charge in [-0.05, 0) is 29.5 Å². The number of amides is 1. The van der Waals surface area contributed by atoms with Gasteiger partial charge in [0.1, 0.15) is 18.5 Å². The van der Waals surface area contributed by atoms with Crippen LogP contribution in [-0.4, -0.2) is 66.2 Å². The van der Waals surface area contributed by atoms with Gasteiger partial charge in [-0.25, -0.2) is 0 Å². The molecule has 1 aromatic rings. The molecule has 1 aliphatic rings. The van der Waals surface area contributed by atoms with E-state index in [2.05, 4.69) is 37.8 Å². The number of aryl methyl sites for hydroxylation is 1. The first-order valence-corrected chi connectivity index (χ1v) is 10.0. The fourth-order valence-corrected chi connectivity index (χ4v) is 3.33. The first-order valence-electron chi connectivity index (χ1n) is 10.0. The minimum absolute atomic E-state index is 0.0449. The molecule has 1 unspecified atom stereocenters. The number of aliphatic hydroxyl groups is 1. The zero-order chi connectivity index (χ0) is 20.2. The van der Waals surface area contributed by atoms with Crippen LogP contribution < -0.4 is 4.74 Å². The van der Waals surface area contributed by atoms with Crippen molar-refractivity contribution in [2.45, 2.75) is 53.1 Å². The predicted octanol–water partition coefficient (Wildman–Crippen LogP) is 2.83. The molecular weight excluding hydrogens is 340 g/mol. The van der Waals surface area contributed by atoms with E-state index in [-0.39, 0.29) is 23.8 Å². The molecule has 0 spiro atoms. The first kappa shape index (κ1) is 21.7. The summed E-state index contributed by atoms with van der Waals surface area (Å²) in [7, 11) is 0. The summed E-state index contributed by atoms with van der Waals surface area (Å²) in [6.07, 6.45) is -0.543. The van der Waals surface area contributed by atoms with Crippen molar-refractivity contribution in [3.05, 3.63) is 29.3 Å². The molecule has 1 atom stereocenters. The number of aliphatic hydroxyl groups excluding tert-OH is 1. The molecule has 1 fully saturated rings. The van der Waals surface area contributed by atoms with Crippen LogP contribution in [-0.2, 0) is 10.2 Å². The number of hydrogen-bond donors (Lipinski definition) is 1. The number of nitrogens with zero attached hydrogens (tertiary/aromatic N) is 2. The Morgan fingerprint density at radius 2 is 1.81 bits per heavy atom. The lowest BCUT2D eigenvalue weighted by Gasteiger charge is -2.36. The second kappa shape index (κ2) is 9.07. The van der Waals surface area contributed by atoms with Gasteiger partial charge in [-0.2, -0.15) is 0 Å². The molecule has 0 aliphatic carbocycles. The van der Waals surface area contributed by atoms with Gasteiger partial charge in [0.15, 0.2) is 0 Å². The normalized spacial score (nSPS) is 17.3. The molecule has 5 nitrogen and oxygen atoms in total. The van der Waals surface area contributed by atoms with Crippen LogP contribution in [0.2, 0.25) is 0 Å². The molecule has 1 saturated heterocycles. The van der Waals surface area contributed by atoms with Crippen LogP contribution in [0.15, 0.2) is 18.2 Å². The SMILES string of the molecule is Cc1cc(C(C)(C)C)ccc1OCC(O)CN1CCN(C(=O)C(C)C)CC1. The highest BCUT2D eigenvalue weighted by Gasteiger charge is 2.24. The van der Waals surface area contributed by atoms with E-state index < -0.39 is 6.10 Å². The third kappa shape index (κ3) is 6.22. The lowest BCUT2D eigenvalue weighted by atomic mass is 9.86. The maximum absolute atomic E-state index is 12.0. The van der Waals surface area contributed by atoms with Crippen LogP contribution in [0.25, 0.3) is 0 Å². The van der Waals surface area contributed by atoms with Crippen molar-refractivity contribution in [3.63, 3.8) is 0 Å². The molecule has 5 heteroatoms. The van der Waals surface area contributed by atoms with Crippen LogP contribution in [0, 0.1) is 12.8 Å². The maximum Gasteiger partial charge on any atom is 0.225 e. The molecule has 0 saturated carbocycles. The average Bonchev–Trinajstić information content (AvgIpc) is 2.59. The number of rotatable bonds is 6. The molecule has 0 bridgehead atoms. The molecule has 1 aromatic carbocycles. The van der Waals surface area contributed by atoms with E-state index in [1.807, 2.05) is 31.7 Å². The zero-order valence-corrected chi connectivity index (χ0v) is 17.8. The van der Waals surface area contributed by atoms with Crippen molar-refractivity contribution in [3.8, 4) is 5.75 Å². The smallest absolute Gasteiger partial charge is 0.225 e. The highest BCUT2D eigenvalue weighted by molar-refractivity contribution is 5.78. The van der Waals surface area contributed by atoms with Gasteiger partial charge >= 0.3 is 0 Å². The largest absolute Gasteiger partial charge is 0.491 e. The van der Waals surface area contributed by atoms with Crippen molar-refractivity contribution in [1.82, 2.24) is 9.80 Å². The van der Waals surface area contributed by atoms with Gasteiger partial charge in [0.2, 0.25) is 5.91 Å². The van der Waals surface area contributed by atoms with Gasteiger partial charge in [-0.1, -0.05) is 46.8 Å². The summed E-state index contributed by atoms with van der Waals surface area (Å²) in [5, 5.41) is 10.4. The Bertz CT molecular complexity index is 629. The number of carbonyl (C=O) groups excluding carboxylic acids is 1. The lowest BCUT2D eigenvalue weighted by molar-refractivity contribution is -0.136. The Balaban J connectivity index is 1.79. The summed E-state index contributed by atoms with van der Waals surface area (Å²) < 4.78 is 5.86. The Kier molecular flexibility index (Phi) is 7.29. The van der Waals surface area contributed by atoms with Gasteiger partial charge in [0.25, 0.3) is 0 Å². The van der Waals surface area contributed by atoms with Crippen molar-refractivity contribution in [2.24, 2.45) is 5.92 Å².